The minimum atomic E-state index is -1.21. The highest BCUT2D eigenvalue weighted by Crippen LogP contribution is 2.41. The van der Waals surface area contributed by atoms with Gasteiger partial charge >= 0.3 is 5.97 Å². The lowest BCUT2D eigenvalue weighted by atomic mass is 9.89. The lowest BCUT2D eigenvalue weighted by Crippen LogP contribution is -2.54. The Morgan fingerprint density at radius 1 is 1.22 bits per heavy atom. The number of carbonyl (C=O) groups excluding carboxylic acids is 1. The van der Waals surface area contributed by atoms with Crippen LogP contribution in [0.4, 0.5) is 8.78 Å². The summed E-state index contributed by atoms with van der Waals surface area (Å²) in [6, 6.07) is 1.38. The molecule has 5 nitrogen and oxygen atoms in total. The van der Waals surface area contributed by atoms with Gasteiger partial charge in [-0.15, -0.1) is 0 Å². The number of hydrogen-bond acceptors (Lipinski definition) is 3. The molecule has 124 valence electrons. The van der Waals surface area contributed by atoms with Crippen LogP contribution in [0.5, 0.6) is 0 Å². The molecule has 7 heteroatoms. The molecule has 23 heavy (non-hydrogen) atoms. The predicted octanol–water partition coefficient (Wildman–Crippen LogP) is 2.55. The number of benzene rings is 1. The van der Waals surface area contributed by atoms with Crippen molar-refractivity contribution < 1.29 is 28.2 Å². The van der Waals surface area contributed by atoms with Crippen molar-refractivity contribution in [1.29, 1.82) is 0 Å². The molecule has 0 bridgehead atoms. The van der Waals surface area contributed by atoms with Gasteiger partial charge in [0.1, 0.15) is 17.4 Å². The molecule has 2 fully saturated rings. The number of carbonyl (C=O) groups is 2. The first-order valence-corrected chi connectivity index (χ1v) is 7.60. The molecule has 0 unspecified atom stereocenters. The number of halogens is 2. The summed E-state index contributed by atoms with van der Waals surface area (Å²) < 4.78 is 33.0. The fraction of sp³-hybridized carbons (Fsp3) is 0.500. The number of carboxylic acid groups (broad SMARTS) is 1. The van der Waals surface area contributed by atoms with Crippen molar-refractivity contribution in [2.75, 3.05) is 6.61 Å². The van der Waals surface area contributed by atoms with Crippen molar-refractivity contribution >= 4 is 11.9 Å². The molecule has 0 radical (unpaired) electrons. The van der Waals surface area contributed by atoms with Crippen molar-refractivity contribution in [3.63, 3.8) is 0 Å². The number of rotatable bonds is 2. The van der Waals surface area contributed by atoms with E-state index in [-0.39, 0.29) is 6.61 Å². The van der Waals surface area contributed by atoms with Gasteiger partial charge < -0.3 is 9.84 Å². The van der Waals surface area contributed by atoms with Crippen LogP contribution in [-0.4, -0.2) is 40.3 Å². The maximum atomic E-state index is 14.0. The van der Waals surface area contributed by atoms with Crippen molar-refractivity contribution in [2.24, 2.45) is 0 Å². The second kappa shape index (κ2) is 5.88. The molecule has 1 atom stereocenters. The molecule has 1 saturated carbocycles. The minimum absolute atomic E-state index is 0.141. The largest absolute Gasteiger partial charge is 0.480 e. The molecule has 1 amide bonds. The highest BCUT2D eigenvalue weighted by atomic mass is 19.1. The molecule has 1 aromatic carbocycles. The summed E-state index contributed by atoms with van der Waals surface area (Å²) in [6.07, 6.45) is 3.56. The monoisotopic (exact) mass is 325 g/mol. The Morgan fingerprint density at radius 3 is 2.57 bits per heavy atom. The summed E-state index contributed by atoms with van der Waals surface area (Å²) in [5.74, 6) is -3.68. The van der Waals surface area contributed by atoms with Gasteiger partial charge in [-0.05, 0) is 43.9 Å². The molecule has 1 aromatic rings. The first kappa shape index (κ1) is 15.9. The van der Waals surface area contributed by atoms with E-state index in [1.54, 1.807) is 0 Å². The zero-order valence-electron chi connectivity index (χ0n) is 12.4. The molecular weight excluding hydrogens is 308 g/mol. The number of ether oxygens (including phenoxy) is 1. The number of aliphatic carboxylic acids is 1. The summed E-state index contributed by atoms with van der Waals surface area (Å²) in [5.41, 5.74) is -1.50. The molecule has 1 aliphatic carbocycles. The van der Waals surface area contributed by atoms with E-state index in [9.17, 15) is 23.5 Å². The van der Waals surface area contributed by atoms with E-state index >= 15 is 0 Å². The second-order valence-electron chi connectivity index (χ2n) is 5.97. The molecule has 1 N–H and O–H groups in total. The average molecular weight is 325 g/mol. The van der Waals surface area contributed by atoms with E-state index < -0.39 is 40.8 Å². The van der Waals surface area contributed by atoms with Crippen LogP contribution in [-0.2, 0) is 9.53 Å². The van der Waals surface area contributed by atoms with Crippen LogP contribution in [0.15, 0.2) is 18.2 Å². The highest BCUT2D eigenvalue weighted by molar-refractivity contribution is 5.97. The maximum Gasteiger partial charge on any atom is 0.328 e. The zero-order valence-corrected chi connectivity index (χ0v) is 12.4. The molecule has 0 aromatic heterocycles. The van der Waals surface area contributed by atoms with E-state index in [4.69, 9.17) is 4.74 Å². The normalized spacial score (nSPS) is 23.2. The summed E-state index contributed by atoms with van der Waals surface area (Å²) in [4.78, 5) is 25.4. The third-order valence-electron chi connectivity index (χ3n) is 4.56. The van der Waals surface area contributed by atoms with Gasteiger partial charge in [-0.2, -0.15) is 0 Å². The van der Waals surface area contributed by atoms with E-state index in [0.717, 1.165) is 42.4 Å². The maximum absolute atomic E-state index is 14.0. The number of nitrogens with zero attached hydrogens (tertiary/aromatic N) is 1. The molecule has 1 aliphatic heterocycles. The second-order valence-corrected chi connectivity index (χ2v) is 5.97. The Hall–Kier alpha value is -2.02. The smallest absolute Gasteiger partial charge is 0.328 e. The van der Waals surface area contributed by atoms with E-state index in [1.165, 1.54) is 0 Å². The van der Waals surface area contributed by atoms with Crippen LogP contribution >= 0.6 is 0 Å². The van der Waals surface area contributed by atoms with Gasteiger partial charge in [-0.3, -0.25) is 9.69 Å². The van der Waals surface area contributed by atoms with Gasteiger partial charge in [0.25, 0.3) is 5.91 Å². The predicted molar refractivity (Wildman–Crippen MR) is 75.7 cm³/mol. The molecule has 1 saturated heterocycles. The quantitative estimate of drug-likeness (QED) is 0.907. The lowest BCUT2D eigenvalue weighted by molar-refractivity contribution is -0.143. The van der Waals surface area contributed by atoms with Crippen LogP contribution < -0.4 is 0 Å². The Kier molecular flexibility index (Phi) is 4.06. The Morgan fingerprint density at radius 2 is 1.91 bits per heavy atom. The van der Waals surface area contributed by atoms with E-state index in [0.29, 0.717) is 12.8 Å². The summed E-state index contributed by atoms with van der Waals surface area (Å²) in [6.45, 7) is -0.141. The molecule has 3 rings (SSSR count). The van der Waals surface area contributed by atoms with Crippen molar-refractivity contribution in [1.82, 2.24) is 4.90 Å². The average Bonchev–Trinajstić information content (AvgIpc) is 2.88. The van der Waals surface area contributed by atoms with Gasteiger partial charge in [0.05, 0.1) is 12.2 Å². The first-order chi connectivity index (χ1) is 10.9. The van der Waals surface area contributed by atoms with Crippen molar-refractivity contribution in [3.05, 3.63) is 35.4 Å². The van der Waals surface area contributed by atoms with Crippen LogP contribution in [0, 0.1) is 11.6 Å². The first-order valence-electron chi connectivity index (χ1n) is 7.60. The van der Waals surface area contributed by atoms with E-state index in [2.05, 4.69) is 0 Å². The topological polar surface area (TPSA) is 66.8 Å². The van der Waals surface area contributed by atoms with Crippen LogP contribution in [0.2, 0.25) is 0 Å². The van der Waals surface area contributed by atoms with Gasteiger partial charge in [0.2, 0.25) is 0 Å². The number of amides is 1. The fourth-order valence-electron chi connectivity index (χ4n) is 3.45. The van der Waals surface area contributed by atoms with Gasteiger partial charge in [-0.1, -0.05) is 6.42 Å². The Balaban J connectivity index is 2.02. The molecule has 1 spiro atoms. The van der Waals surface area contributed by atoms with E-state index in [1.807, 2.05) is 0 Å². The SMILES string of the molecule is O=C(O)[C@H]1COC2(CCCCC2)N1C(=O)c1cc(F)ccc1F. The molecular formula is C16H17F2NO4. The summed E-state index contributed by atoms with van der Waals surface area (Å²) in [7, 11) is 0. The fourth-order valence-corrected chi connectivity index (χ4v) is 3.45. The Labute approximate surface area is 131 Å². The standard InChI is InChI=1S/C16H17F2NO4/c17-10-4-5-12(18)11(8-10)14(20)19-13(15(21)22)9-23-16(19)6-2-1-3-7-16/h4-5,8,13H,1-3,6-7,9H2,(H,21,22)/t13-/m1/s1. The van der Waals surface area contributed by atoms with Gasteiger partial charge in [0, 0.05) is 0 Å². The van der Waals surface area contributed by atoms with Crippen LogP contribution in [0.1, 0.15) is 42.5 Å². The zero-order chi connectivity index (χ0) is 16.6. The van der Waals surface area contributed by atoms with Crippen molar-refractivity contribution in [2.45, 2.75) is 43.9 Å². The Bertz CT molecular complexity index is 643. The van der Waals surface area contributed by atoms with Crippen molar-refractivity contribution in [3.8, 4) is 0 Å². The van der Waals surface area contributed by atoms with Gasteiger partial charge in [0.15, 0.2) is 6.04 Å². The highest BCUT2D eigenvalue weighted by Gasteiger charge is 2.53. The minimum Gasteiger partial charge on any atom is -0.480 e. The van der Waals surface area contributed by atoms with Crippen LogP contribution in [0.3, 0.4) is 0 Å². The molecule has 1 heterocycles. The van der Waals surface area contributed by atoms with Gasteiger partial charge in [-0.25, -0.2) is 13.6 Å². The third-order valence-corrected chi connectivity index (χ3v) is 4.56. The summed E-state index contributed by atoms with van der Waals surface area (Å²) >= 11 is 0. The van der Waals surface area contributed by atoms with Crippen LogP contribution in [0.25, 0.3) is 0 Å². The summed E-state index contributed by atoms with van der Waals surface area (Å²) in [5, 5.41) is 9.38. The third kappa shape index (κ3) is 2.69. The number of hydrogen-bond donors (Lipinski definition) is 1. The number of carboxylic acids is 1. The lowest BCUT2D eigenvalue weighted by Gasteiger charge is -2.41. The molecule has 2 aliphatic rings.